The van der Waals surface area contributed by atoms with Crippen molar-refractivity contribution >= 4 is 23.2 Å². The van der Waals surface area contributed by atoms with Crippen LogP contribution in [0.4, 0.5) is 4.39 Å². The molecule has 1 aromatic heterocycles. The molecule has 1 amide bonds. The molecule has 1 saturated heterocycles. The van der Waals surface area contributed by atoms with Crippen molar-refractivity contribution in [3.63, 3.8) is 0 Å². The molecule has 0 saturated carbocycles. The van der Waals surface area contributed by atoms with Gasteiger partial charge in [-0.3, -0.25) is 4.79 Å². The Labute approximate surface area is 143 Å². The Kier molecular flexibility index (Phi) is 4.94. The van der Waals surface area contributed by atoms with Gasteiger partial charge in [-0.05, 0) is 48.9 Å². The lowest BCUT2D eigenvalue weighted by Crippen LogP contribution is -2.38. The monoisotopic (exact) mass is 347 g/mol. The van der Waals surface area contributed by atoms with Gasteiger partial charge in [-0.2, -0.15) is 0 Å². The summed E-state index contributed by atoms with van der Waals surface area (Å²) >= 11 is 1.01. The first-order valence-electron chi connectivity index (χ1n) is 7.90. The molecule has 126 valence electrons. The number of carbonyl (C=O) groups is 2. The quantitative estimate of drug-likeness (QED) is 0.918. The number of thiophene rings is 1. The van der Waals surface area contributed by atoms with Gasteiger partial charge in [0.25, 0.3) is 5.91 Å². The number of piperidine rings is 1. The van der Waals surface area contributed by atoms with Crippen molar-refractivity contribution < 1.29 is 19.1 Å². The SMILES string of the molecule is O=C(O)c1ccc(C(=O)N2CCC(Cc3ccccc3F)CC2)s1. The van der Waals surface area contributed by atoms with Crippen molar-refractivity contribution in [3.05, 3.63) is 57.5 Å². The summed E-state index contributed by atoms with van der Waals surface area (Å²) in [5.74, 6) is -0.931. The predicted octanol–water partition coefficient (Wildman–Crippen LogP) is 3.68. The number of hydrogen-bond donors (Lipinski definition) is 1. The van der Waals surface area contributed by atoms with E-state index in [4.69, 9.17) is 5.11 Å². The van der Waals surface area contributed by atoms with Gasteiger partial charge in [0, 0.05) is 13.1 Å². The summed E-state index contributed by atoms with van der Waals surface area (Å²) in [4.78, 5) is 25.7. The fraction of sp³-hybridized carbons (Fsp3) is 0.333. The highest BCUT2D eigenvalue weighted by Gasteiger charge is 2.25. The molecule has 0 spiro atoms. The maximum Gasteiger partial charge on any atom is 0.345 e. The molecule has 0 bridgehead atoms. The Morgan fingerprint density at radius 1 is 1.12 bits per heavy atom. The molecule has 1 N–H and O–H groups in total. The molecule has 6 heteroatoms. The fourth-order valence-electron chi connectivity index (χ4n) is 3.04. The summed E-state index contributed by atoms with van der Waals surface area (Å²) in [7, 11) is 0. The van der Waals surface area contributed by atoms with Gasteiger partial charge in [0.2, 0.25) is 0 Å². The van der Waals surface area contributed by atoms with Crippen LogP contribution in [-0.2, 0) is 6.42 Å². The van der Waals surface area contributed by atoms with Crippen LogP contribution in [0.3, 0.4) is 0 Å². The van der Waals surface area contributed by atoms with E-state index in [1.165, 1.54) is 12.1 Å². The molecule has 3 rings (SSSR count). The highest BCUT2D eigenvalue weighted by Crippen LogP contribution is 2.25. The van der Waals surface area contributed by atoms with Gasteiger partial charge in [-0.15, -0.1) is 11.3 Å². The molecule has 1 aromatic carbocycles. The Balaban J connectivity index is 1.57. The molecule has 1 aliphatic heterocycles. The maximum atomic E-state index is 13.7. The lowest BCUT2D eigenvalue weighted by molar-refractivity contribution is 0.0690. The van der Waals surface area contributed by atoms with E-state index in [1.807, 2.05) is 12.1 Å². The van der Waals surface area contributed by atoms with Crippen LogP contribution >= 0.6 is 11.3 Å². The first kappa shape index (κ1) is 16.6. The number of carboxylic acids is 1. The van der Waals surface area contributed by atoms with Crippen LogP contribution in [-0.4, -0.2) is 35.0 Å². The van der Waals surface area contributed by atoms with E-state index in [1.54, 1.807) is 17.0 Å². The van der Waals surface area contributed by atoms with E-state index < -0.39 is 5.97 Å². The maximum absolute atomic E-state index is 13.7. The molecule has 2 aromatic rings. The Bertz CT molecular complexity index is 750. The molecular formula is C18H18FNO3S. The highest BCUT2D eigenvalue weighted by atomic mass is 32.1. The number of carbonyl (C=O) groups excluding carboxylic acids is 1. The molecule has 0 atom stereocenters. The van der Waals surface area contributed by atoms with Crippen LogP contribution in [0.5, 0.6) is 0 Å². The summed E-state index contributed by atoms with van der Waals surface area (Å²) in [6.45, 7) is 1.25. The zero-order chi connectivity index (χ0) is 17.1. The van der Waals surface area contributed by atoms with Crippen LogP contribution < -0.4 is 0 Å². The number of benzene rings is 1. The number of likely N-dealkylation sites (tertiary alicyclic amines) is 1. The molecule has 0 aliphatic carbocycles. The lowest BCUT2D eigenvalue weighted by Gasteiger charge is -2.31. The molecule has 1 fully saturated rings. The first-order valence-corrected chi connectivity index (χ1v) is 8.72. The van der Waals surface area contributed by atoms with Gasteiger partial charge in [-0.1, -0.05) is 18.2 Å². The topological polar surface area (TPSA) is 57.6 Å². The number of nitrogens with zero attached hydrogens (tertiary/aromatic N) is 1. The predicted molar refractivity (Wildman–Crippen MR) is 90.0 cm³/mol. The minimum Gasteiger partial charge on any atom is -0.477 e. The summed E-state index contributed by atoms with van der Waals surface area (Å²) in [5.41, 5.74) is 0.728. The number of rotatable bonds is 4. The van der Waals surface area contributed by atoms with E-state index >= 15 is 0 Å². The van der Waals surface area contributed by atoms with E-state index in [-0.39, 0.29) is 16.6 Å². The minimum atomic E-state index is -1.01. The van der Waals surface area contributed by atoms with Crippen LogP contribution in [0.1, 0.15) is 37.7 Å². The van der Waals surface area contributed by atoms with Crippen molar-refractivity contribution in [2.75, 3.05) is 13.1 Å². The molecule has 0 radical (unpaired) electrons. The largest absolute Gasteiger partial charge is 0.477 e. The van der Waals surface area contributed by atoms with Gasteiger partial charge in [0.05, 0.1) is 4.88 Å². The van der Waals surface area contributed by atoms with Crippen molar-refractivity contribution in [3.8, 4) is 0 Å². The van der Waals surface area contributed by atoms with Crippen molar-refractivity contribution in [1.82, 2.24) is 4.90 Å². The highest BCUT2D eigenvalue weighted by molar-refractivity contribution is 7.15. The summed E-state index contributed by atoms with van der Waals surface area (Å²) in [6, 6.07) is 9.85. The third-order valence-corrected chi connectivity index (χ3v) is 5.46. The Morgan fingerprint density at radius 2 is 1.79 bits per heavy atom. The Hall–Kier alpha value is -2.21. The van der Waals surface area contributed by atoms with Gasteiger partial charge in [0.15, 0.2) is 0 Å². The lowest BCUT2D eigenvalue weighted by atomic mass is 9.90. The first-order chi connectivity index (χ1) is 11.5. The summed E-state index contributed by atoms with van der Waals surface area (Å²) in [5, 5.41) is 8.94. The third kappa shape index (κ3) is 3.64. The third-order valence-electron chi connectivity index (χ3n) is 4.40. The number of carboxylic acid groups (broad SMARTS) is 1. The van der Waals surface area contributed by atoms with Crippen LogP contribution in [0.15, 0.2) is 36.4 Å². The smallest absolute Gasteiger partial charge is 0.345 e. The molecule has 0 unspecified atom stereocenters. The second kappa shape index (κ2) is 7.13. The van der Waals surface area contributed by atoms with Crippen molar-refractivity contribution in [2.45, 2.75) is 19.3 Å². The van der Waals surface area contributed by atoms with Crippen LogP contribution in [0.25, 0.3) is 0 Å². The zero-order valence-electron chi connectivity index (χ0n) is 13.1. The second-order valence-electron chi connectivity index (χ2n) is 6.00. The normalized spacial score (nSPS) is 15.5. The molecular weight excluding hydrogens is 329 g/mol. The molecule has 2 heterocycles. The van der Waals surface area contributed by atoms with Gasteiger partial charge in [0.1, 0.15) is 10.7 Å². The number of hydrogen-bond acceptors (Lipinski definition) is 3. The van der Waals surface area contributed by atoms with Crippen molar-refractivity contribution in [1.29, 1.82) is 0 Å². The minimum absolute atomic E-state index is 0.114. The van der Waals surface area contributed by atoms with Gasteiger partial charge < -0.3 is 10.0 Å². The average Bonchev–Trinajstić information content (AvgIpc) is 3.07. The van der Waals surface area contributed by atoms with Gasteiger partial charge >= 0.3 is 5.97 Å². The van der Waals surface area contributed by atoms with E-state index in [2.05, 4.69) is 0 Å². The van der Waals surface area contributed by atoms with Crippen LogP contribution in [0.2, 0.25) is 0 Å². The standard InChI is InChI=1S/C18H18FNO3S/c19-14-4-2-1-3-13(14)11-12-7-9-20(10-8-12)17(21)15-5-6-16(24-15)18(22)23/h1-6,12H,7-11H2,(H,22,23). The average molecular weight is 347 g/mol. The zero-order valence-corrected chi connectivity index (χ0v) is 13.9. The second-order valence-corrected chi connectivity index (χ2v) is 7.08. The van der Waals surface area contributed by atoms with E-state index in [0.717, 1.165) is 29.7 Å². The number of aromatic carboxylic acids is 1. The molecule has 1 aliphatic rings. The van der Waals surface area contributed by atoms with E-state index in [9.17, 15) is 14.0 Å². The number of halogens is 1. The summed E-state index contributed by atoms with van der Waals surface area (Å²) in [6.07, 6.45) is 2.35. The van der Waals surface area contributed by atoms with E-state index in [0.29, 0.717) is 30.3 Å². The van der Waals surface area contributed by atoms with Crippen molar-refractivity contribution in [2.24, 2.45) is 5.92 Å². The van der Waals surface area contributed by atoms with Crippen LogP contribution in [0, 0.1) is 11.7 Å². The van der Waals surface area contributed by atoms with Gasteiger partial charge in [-0.25, -0.2) is 9.18 Å². The molecule has 24 heavy (non-hydrogen) atoms. The Morgan fingerprint density at radius 3 is 2.42 bits per heavy atom. The number of amides is 1. The summed E-state index contributed by atoms with van der Waals surface area (Å²) < 4.78 is 13.7. The molecule has 4 nitrogen and oxygen atoms in total. The fourth-order valence-corrected chi connectivity index (χ4v) is 3.85.